The number of nitrogens with two attached hydrogens (primary N) is 2. The van der Waals surface area contributed by atoms with Crippen molar-refractivity contribution in [1.29, 1.82) is 0 Å². The summed E-state index contributed by atoms with van der Waals surface area (Å²) in [5.74, 6) is 0.709. The molecular formula is C18H20ClN3OS. The van der Waals surface area contributed by atoms with Crippen molar-refractivity contribution >= 4 is 34.5 Å². The highest BCUT2D eigenvalue weighted by Crippen LogP contribution is 2.27. The third-order valence-corrected chi connectivity index (χ3v) is 3.97. The fourth-order valence-corrected chi connectivity index (χ4v) is 2.75. The molecule has 0 aliphatic carbocycles. The number of rotatable bonds is 4. The van der Waals surface area contributed by atoms with Gasteiger partial charge in [0.1, 0.15) is 5.75 Å². The summed E-state index contributed by atoms with van der Waals surface area (Å²) in [6, 6.07) is 11.3. The monoisotopic (exact) mass is 361 g/mol. The Morgan fingerprint density at radius 1 is 1.21 bits per heavy atom. The minimum absolute atomic E-state index is 0.338. The smallest absolute Gasteiger partial charge is 0.271 e. The second kappa shape index (κ2) is 8.24. The maximum atomic E-state index is 5.89. The lowest BCUT2D eigenvalue weighted by Gasteiger charge is -2.13. The zero-order valence-electron chi connectivity index (χ0n) is 13.7. The number of benzene rings is 2. The molecule has 2 aromatic rings. The van der Waals surface area contributed by atoms with Gasteiger partial charge in [-0.3, -0.25) is 5.14 Å². The van der Waals surface area contributed by atoms with E-state index in [4.69, 9.17) is 27.2 Å². The van der Waals surface area contributed by atoms with Crippen LogP contribution >= 0.6 is 23.5 Å². The molecule has 0 radical (unpaired) electrons. The molecule has 0 fully saturated rings. The van der Waals surface area contributed by atoms with Gasteiger partial charge in [-0.1, -0.05) is 30.3 Å². The molecule has 0 bridgehead atoms. The lowest BCUT2D eigenvalue weighted by molar-refractivity contribution is 0.555. The van der Waals surface area contributed by atoms with E-state index in [0.29, 0.717) is 33.8 Å². The molecule has 0 saturated carbocycles. The molecule has 0 aromatic heterocycles. The van der Waals surface area contributed by atoms with Gasteiger partial charge in [0, 0.05) is 34.8 Å². The van der Waals surface area contributed by atoms with E-state index < -0.39 is 0 Å². The Labute approximate surface area is 151 Å². The SMILES string of the molecule is C=C(Cc1ccc(Cl)cc1)N=C(Oc1c(C)cc(N)cc1C)SN. The van der Waals surface area contributed by atoms with Crippen LogP contribution in [0.3, 0.4) is 0 Å². The highest BCUT2D eigenvalue weighted by Gasteiger charge is 2.10. The normalized spacial score (nSPS) is 11.4. The van der Waals surface area contributed by atoms with E-state index >= 15 is 0 Å². The highest BCUT2D eigenvalue weighted by atomic mass is 35.5. The summed E-state index contributed by atoms with van der Waals surface area (Å²) in [5, 5.41) is 6.73. The fraction of sp³-hybridized carbons (Fsp3) is 0.167. The van der Waals surface area contributed by atoms with Crippen molar-refractivity contribution in [3.8, 4) is 5.75 Å². The largest absolute Gasteiger partial charge is 0.432 e. The molecule has 0 unspecified atom stereocenters. The van der Waals surface area contributed by atoms with Gasteiger partial charge in [0.05, 0.1) is 0 Å². The predicted molar refractivity (Wildman–Crippen MR) is 104 cm³/mol. The van der Waals surface area contributed by atoms with Crippen molar-refractivity contribution in [2.45, 2.75) is 20.3 Å². The zero-order valence-corrected chi connectivity index (χ0v) is 15.2. The summed E-state index contributed by atoms with van der Waals surface area (Å²) >= 11 is 6.83. The fourth-order valence-electron chi connectivity index (χ4n) is 2.31. The molecule has 0 aliphatic rings. The highest BCUT2D eigenvalue weighted by molar-refractivity contribution is 8.11. The molecule has 4 nitrogen and oxygen atoms in total. The Bertz CT molecular complexity index is 749. The first kappa shape index (κ1) is 18.4. The summed E-state index contributed by atoms with van der Waals surface area (Å²) in [6.45, 7) is 7.83. The van der Waals surface area contributed by atoms with Gasteiger partial charge in [-0.15, -0.1) is 0 Å². The van der Waals surface area contributed by atoms with E-state index in [2.05, 4.69) is 11.6 Å². The molecule has 2 aromatic carbocycles. The van der Waals surface area contributed by atoms with Crippen molar-refractivity contribution in [1.82, 2.24) is 0 Å². The topological polar surface area (TPSA) is 73.6 Å². The Morgan fingerprint density at radius 2 is 1.79 bits per heavy atom. The molecule has 0 heterocycles. The van der Waals surface area contributed by atoms with Gasteiger partial charge >= 0.3 is 0 Å². The Balaban J connectivity index is 2.14. The number of nitrogens with zero attached hydrogens (tertiary/aromatic N) is 1. The van der Waals surface area contributed by atoms with E-state index in [-0.39, 0.29) is 0 Å². The van der Waals surface area contributed by atoms with Crippen LogP contribution in [0.4, 0.5) is 5.69 Å². The van der Waals surface area contributed by atoms with Crippen LogP contribution in [-0.2, 0) is 6.42 Å². The number of halogens is 1. The predicted octanol–water partition coefficient (Wildman–Crippen LogP) is 4.64. The van der Waals surface area contributed by atoms with Gasteiger partial charge in [-0.05, 0) is 54.8 Å². The number of allylic oxidation sites excluding steroid dienone is 1. The van der Waals surface area contributed by atoms with Crippen LogP contribution in [-0.4, -0.2) is 5.23 Å². The number of anilines is 1. The van der Waals surface area contributed by atoms with Gasteiger partial charge < -0.3 is 10.5 Å². The van der Waals surface area contributed by atoms with Gasteiger partial charge in [0.2, 0.25) is 0 Å². The van der Waals surface area contributed by atoms with E-state index in [1.54, 1.807) is 0 Å². The molecule has 0 saturated heterocycles. The number of hydrogen-bond donors (Lipinski definition) is 2. The molecule has 0 amide bonds. The minimum Gasteiger partial charge on any atom is -0.432 e. The molecule has 0 spiro atoms. The number of aryl methyl sites for hydroxylation is 2. The molecule has 4 N–H and O–H groups in total. The quantitative estimate of drug-likeness (QED) is 0.360. The Kier molecular flexibility index (Phi) is 6.31. The van der Waals surface area contributed by atoms with Gasteiger partial charge in [0.25, 0.3) is 5.23 Å². The molecule has 126 valence electrons. The molecule has 2 rings (SSSR count). The van der Waals surface area contributed by atoms with Crippen LogP contribution in [0.2, 0.25) is 5.02 Å². The van der Waals surface area contributed by atoms with Crippen LogP contribution in [0.5, 0.6) is 5.75 Å². The lowest BCUT2D eigenvalue weighted by atomic mass is 10.1. The first-order chi connectivity index (χ1) is 11.4. The first-order valence-corrected chi connectivity index (χ1v) is 8.57. The van der Waals surface area contributed by atoms with Crippen molar-refractivity contribution in [2.75, 3.05) is 5.73 Å². The Hall–Kier alpha value is -1.95. The van der Waals surface area contributed by atoms with Crippen LogP contribution < -0.4 is 15.6 Å². The van der Waals surface area contributed by atoms with Crippen molar-refractivity contribution in [2.24, 2.45) is 10.1 Å². The number of ether oxygens (including phenoxy) is 1. The third-order valence-electron chi connectivity index (χ3n) is 3.34. The van der Waals surface area contributed by atoms with E-state index in [9.17, 15) is 0 Å². The number of aliphatic imine (C=N–C) groups is 1. The van der Waals surface area contributed by atoms with Gasteiger partial charge in [0.15, 0.2) is 0 Å². The summed E-state index contributed by atoms with van der Waals surface area (Å²) in [4.78, 5) is 4.39. The van der Waals surface area contributed by atoms with Crippen molar-refractivity contribution in [3.05, 3.63) is 70.4 Å². The number of nitrogen functional groups attached to an aromatic ring is 1. The van der Waals surface area contributed by atoms with Crippen LogP contribution in [0.1, 0.15) is 16.7 Å². The van der Waals surface area contributed by atoms with E-state index in [0.717, 1.165) is 28.6 Å². The van der Waals surface area contributed by atoms with Crippen molar-refractivity contribution in [3.63, 3.8) is 0 Å². The molecular weight excluding hydrogens is 342 g/mol. The Morgan fingerprint density at radius 3 is 2.33 bits per heavy atom. The van der Waals surface area contributed by atoms with Crippen molar-refractivity contribution < 1.29 is 4.74 Å². The zero-order chi connectivity index (χ0) is 17.7. The summed E-state index contributed by atoms with van der Waals surface area (Å²) in [7, 11) is 0. The maximum Gasteiger partial charge on any atom is 0.271 e. The van der Waals surface area contributed by atoms with Crippen LogP contribution in [0.25, 0.3) is 0 Å². The van der Waals surface area contributed by atoms with E-state index in [1.165, 1.54) is 0 Å². The first-order valence-electron chi connectivity index (χ1n) is 7.31. The third kappa shape index (κ3) is 5.03. The second-order valence-electron chi connectivity index (χ2n) is 5.45. The average molecular weight is 362 g/mol. The maximum absolute atomic E-state index is 5.89. The number of hydrogen-bond acceptors (Lipinski definition) is 5. The van der Waals surface area contributed by atoms with Gasteiger partial charge in [-0.25, -0.2) is 4.99 Å². The molecule has 0 aliphatic heterocycles. The molecule has 24 heavy (non-hydrogen) atoms. The minimum atomic E-state index is 0.338. The van der Waals surface area contributed by atoms with Crippen LogP contribution in [0.15, 0.2) is 53.7 Å². The molecule has 0 atom stereocenters. The summed E-state index contributed by atoms with van der Waals surface area (Å²) in [5.41, 5.74) is 10.1. The average Bonchev–Trinajstić information content (AvgIpc) is 2.51. The van der Waals surface area contributed by atoms with Crippen LogP contribution in [0, 0.1) is 13.8 Å². The standard InChI is InChI=1S/C18H20ClN3OS/c1-11-8-16(20)9-12(2)17(11)23-18(24-21)22-13(3)10-14-4-6-15(19)7-5-14/h4-9H,3,10,20-21H2,1-2H3. The lowest BCUT2D eigenvalue weighted by Crippen LogP contribution is -2.10. The summed E-state index contributed by atoms with van der Waals surface area (Å²) < 4.78 is 5.86. The second-order valence-corrected chi connectivity index (χ2v) is 6.47. The van der Waals surface area contributed by atoms with Gasteiger partial charge in [-0.2, -0.15) is 0 Å². The molecule has 6 heteroatoms. The summed E-state index contributed by atoms with van der Waals surface area (Å²) in [6.07, 6.45) is 0.588. The van der Waals surface area contributed by atoms with E-state index in [1.807, 2.05) is 50.2 Å².